The largest absolute Gasteiger partial charge is 0.380 e. The van der Waals surface area contributed by atoms with Gasteiger partial charge in [-0.15, -0.1) is 6.42 Å². The normalized spacial score (nSPS) is 9.60. The topological polar surface area (TPSA) is 67.4 Å². The van der Waals surface area contributed by atoms with Crippen LogP contribution in [-0.4, -0.2) is 32.0 Å². The Balaban J connectivity index is 2.35. The molecule has 0 aromatic heterocycles. The highest BCUT2D eigenvalue weighted by molar-refractivity contribution is 5.94. The van der Waals surface area contributed by atoms with Gasteiger partial charge >= 0.3 is 0 Å². The Labute approximate surface area is 118 Å². The molecule has 0 saturated carbocycles. The summed E-state index contributed by atoms with van der Waals surface area (Å²) in [5, 5.41) is 5.20. The van der Waals surface area contributed by atoms with E-state index in [1.807, 2.05) is 12.1 Å². The summed E-state index contributed by atoms with van der Waals surface area (Å²) in [4.78, 5) is 23.1. The molecular weight excluding hydrogens is 256 g/mol. The monoisotopic (exact) mass is 274 g/mol. The van der Waals surface area contributed by atoms with Crippen molar-refractivity contribution >= 4 is 11.8 Å². The lowest BCUT2D eigenvalue weighted by Gasteiger charge is -2.06. The van der Waals surface area contributed by atoms with Crippen LogP contribution in [-0.2, 0) is 16.1 Å². The molecule has 20 heavy (non-hydrogen) atoms. The SMILES string of the molecule is C#CCNC(=O)CCNC(=O)c1ccc(COC)cc1. The minimum absolute atomic E-state index is 0.182. The van der Waals surface area contributed by atoms with E-state index in [1.165, 1.54) is 0 Å². The number of carbonyl (C=O) groups is 2. The first-order valence-corrected chi connectivity index (χ1v) is 6.23. The highest BCUT2D eigenvalue weighted by Gasteiger charge is 2.06. The summed E-state index contributed by atoms with van der Waals surface area (Å²) in [5.41, 5.74) is 1.55. The highest BCUT2D eigenvalue weighted by atomic mass is 16.5. The van der Waals surface area contributed by atoms with E-state index in [0.717, 1.165) is 5.56 Å². The number of amides is 2. The Morgan fingerprint density at radius 1 is 1.25 bits per heavy atom. The maximum absolute atomic E-state index is 11.8. The van der Waals surface area contributed by atoms with E-state index in [9.17, 15) is 9.59 Å². The van der Waals surface area contributed by atoms with Crippen molar-refractivity contribution in [1.82, 2.24) is 10.6 Å². The molecule has 106 valence electrons. The van der Waals surface area contributed by atoms with Crippen molar-refractivity contribution in [3.8, 4) is 12.3 Å². The Morgan fingerprint density at radius 3 is 2.55 bits per heavy atom. The van der Waals surface area contributed by atoms with Crippen LogP contribution in [0.3, 0.4) is 0 Å². The van der Waals surface area contributed by atoms with Crippen LogP contribution in [0.5, 0.6) is 0 Å². The van der Waals surface area contributed by atoms with Crippen LogP contribution in [0.15, 0.2) is 24.3 Å². The molecule has 0 aliphatic heterocycles. The number of benzene rings is 1. The zero-order valence-corrected chi connectivity index (χ0v) is 11.4. The molecule has 0 atom stereocenters. The second kappa shape index (κ2) is 8.73. The number of hydrogen-bond acceptors (Lipinski definition) is 3. The van der Waals surface area contributed by atoms with Crippen LogP contribution in [0.1, 0.15) is 22.3 Å². The van der Waals surface area contributed by atoms with Crippen LogP contribution in [0.25, 0.3) is 0 Å². The molecule has 5 heteroatoms. The summed E-state index contributed by atoms with van der Waals surface area (Å²) in [5.74, 6) is 1.92. The fraction of sp³-hybridized carbons (Fsp3) is 0.333. The van der Waals surface area contributed by atoms with Crippen molar-refractivity contribution in [3.05, 3.63) is 35.4 Å². The van der Waals surface area contributed by atoms with E-state index in [0.29, 0.717) is 12.2 Å². The average molecular weight is 274 g/mol. The molecule has 0 spiro atoms. The number of carbonyl (C=O) groups excluding carboxylic acids is 2. The van der Waals surface area contributed by atoms with Gasteiger partial charge in [0.05, 0.1) is 13.2 Å². The molecule has 0 heterocycles. The van der Waals surface area contributed by atoms with Crippen LogP contribution in [0.2, 0.25) is 0 Å². The first-order chi connectivity index (χ1) is 9.67. The maximum Gasteiger partial charge on any atom is 0.251 e. The van der Waals surface area contributed by atoms with Gasteiger partial charge in [0.15, 0.2) is 0 Å². The van der Waals surface area contributed by atoms with E-state index in [2.05, 4.69) is 16.6 Å². The van der Waals surface area contributed by atoms with E-state index in [4.69, 9.17) is 11.2 Å². The summed E-state index contributed by atoms with van der Waals surface area (Å²) < 4.78 is 4.99. The van der Waals surface area contributed by atoms with Gasteiger partial charge in [0, 0.05) is 25.6 Å². The Bertz CT molecular complexity index is 489. The standard InChI is InChI=1S/C15H18N2O3/c1-3-9-16-14(18)8-10-17-15(19)13-6-4-12(5-7-13)11-20-2/h1,4-7H,8-11H2,2H3,(H,16,18)(H,17,19). The van der Waals surface area contributed by atoms with Crippen LogP contribution in [0, 0.1) is 12.3 Å². The minimum Gasteiger partial charge on any atom is -0.380 e. The van der Waals surface area contributed by atoms with Gasteiger partial charge in [-0.2, -0.15) is 0 Å². The molecule has 1 aromatic carbocycles. The number of rotatable bonds is 7. The Hall–Kier alpha value is -2.32. The first-order valence-electron chi connectivity index (χ1n) is 6.23. The zero-order chi connectivity index (χ0) is 14.8. The molecule has 0 fully saturated rings. The third kappa shape index (κ3) is 5.55. The molecular formula is C15H18N2O3. The average Bonchev–Trinajstić information content (AvgIpc) is 2.46. The van der Waals surface area contributed by atoms with Crippen LogP contribution < -0.4 is 10.6 Å². The molecule has 5 nitrogen and oxygen atoms in total. The lowest BCUT2D eigenvalue weighted by molar-refractivity contribution is -0.120. The van der Waals surface area contributed by atoms with Gasteiger partial charge in [-0.05, 0) is 17.7 Å². The predicted octanol–water partition coefficient (Wildman–Crippen LogP) is 0.702. The van der Waals surface area contributed by atoms with Crippen LogP contribution >= 0.6 is 0 Å². The van der Waals surface area contributed by atoms with Gasteiger partial charge in [-0.3, -0.25) is 9.59 Å². The highest BCUT2D eigenvalue weighted by Crippen LogP contribution is 2.05. The Kier molecular flexibility index (Phi) is 6.87. The fourth-order valence-corrected chi connectivity index (χ4v) is 1.55. The number of terminal acetylenes is 1. The predicted molar refractivity (Wildman–Crippen MR) is 75.9 cm³/mol. The zero-order valence-electron chi connectivity index (χ0n) is 11.4. The minimum atomic E-state index is -0.210. The second-order valence-electron chi connectivity index (χ2n) is 4.12. The lowest BCUT2D eigenvalue weighted by atomic mass is 10.1. The number of hydrogen-bond donors (Lipinski definition) is 2. The number of methoxy groups -OCH3 is 1. The molecule has 0 radical (unpaired) electrons. The molecule has 1 rings (SSSR count). The molecule has 0 saturated heterocycles. The summed E-state index contributed by atoms with van der Waals surface area (Å²) >= 11 is 0. The smallest absolute Gasteiger partial charge is 0.251 e. The third-order valence-corrected chi connectivity index (χ3v) is 2.55. The first kappa shape index (κ1) is 15.7. The quantitative estimate of drug-likeness (QED) is 0.719. The van der Waals surface area contributed by atoms with Gasteiger partial charge in [0.1, 0.15) is 0 Å². The number of nitrogens with one attached hydrogen (secondary N) is 2. The summed E-state index contributed by atoms with van der Waals surface area (Å²) in [6.07, 6.45) is 5.22. The molecule has 2 amide bonds. The second-order valence-corrected chi connectivity index (χ2v) is 4.12. The van der Waals surface area contributed by atoms with E-state index in [1.54, 1.807) is 19.2 Å². The number of ether oxygens (including phenoxy) is 1. The molecule has 0 bridgehead atoms. The van der Waals surface area contributed by atoms with Gasteiger partial charge in [0.25, 0.3) is 5.91 Å². The van der Waals surface area contributed by atoms with Crippen molar-refractivity contribution in [2.24, 2.45) is 0 Å². The molecule has 1 aromatic rings. The maximum atomic E-state index is 11.8. The molecule has 0 aliphatic carbocycles. The van der Waals surface area contributed by atoms with Crippen molar-refractivity contribution < 1.29 is 14.3 Å². The van der Waals surface area contributed by atoms with Crippen molar-refractivity contribution in [1.29, 1.82) is 0 Å². The van der Waals surface area contributed by atoms with Gasteiger partial charge in [-0.1, -0.05) is 18.1 Å². The van der Waals surface area contributed by atoms with Gasteiger partial charge in [0.2, 0.25) is 5.91 Å². The summed E-state index contributed by atoms with van der Waals surface area (Å²) in [7, 11) is 1.62. The summed E-state index contributed by atoms with van der Waals surface area (Å²) in [6, 6.07) is 7.11. The Morgan fingerprint density at radius 2 is 1.95 bits per heavy atom. The van der Waals surface area contributed by atoms with Gasteiger partial charge in [-0.25, -0.2) is 0 Å². The summed E-state index contributed by atoms with van der Waals surface area (Å²) in [6.45, 7) is 0.986. The van der Waals surface area contributed by atoms with E-state index >= 15 is 0 Å². The molecule has 0 unspecified atom stereocenters. The van der Waals surface area contributed by atoms with Crippen molar-refractivity contribution in [3.63, 3.8) is 0 Å². The van der Waals surface area contributed by atoms with Crippen molar-refractivity contribution in [2.75, 3.05) is 20.2 Å². The lowest BCUT2D eigenvalue weighted by Crippen LogP contribution is -2.30. The van der Waals surface area contributed by atoms with Crippen molar-refractivity contribution in [2.45, 2.75) is 13.0 Å². The van der Waals surface area contributed by atoms with E-state index in [-0.39, 0.29) is 31.3 Å². The van der Waals surface area contributed by atoms with Crippen LogP contribution in [0.4, 0.5) is 0 Å². The third-order valence-electron chi connectivity index (χ3n) is 2.55. The van der Waals surface area contributed by atoms with Gasteiger partial charge < -0.3 is 15.4 Å². The van der Waals surface area contributed by atoms with E-state index < -0.39 is 0 Å². The molecule has 0 aliphatic rings. The fourth-order valence-electron chi connectivity index (χ4n) is 1.55. The molecule has 2 N–H and O–H groups in total.